The molecule has 0 saturated heterocycles. The van der Waals surface area contributed by atoms with E-state index in [1.54, 1.807) is 38.6 Å². The molecule has 1 N–H and O–H groups in total. The highest BCUT2D eigenvalue weighted by atomic mass is 79.9. The van der Waals surface area contributed by atoms with Gasteiger partial charge < -0.3 is 14.2 Å². The summed E-state index contributed by atoms with van der Waals surface area (Å²) in [6.07, 6.45) is 1.57. The number of fused-ring (bicyclic) bond motifs is 1. The SMILES string of the molecule is COc1ccc(OCC(=O)NN=Cc2c(OC)ccc3ccccc23)c(Br)c1. The van der Waals surface area contributed by atoms with Crippen molar-refractivity contribution in [1.82, 2.24) is 5.43 Å². The highest BCUT2D eigenvalue weighted by molar-refractivity contribution is 9.10. The Bertz CT molecular complexity index is 1020. The van der Waals surface area contributed by atoms with E-state index in [2.05, 4.69) is 26.5 Å². The van der Waals surface area contributed by atoms with Gasteiger partial charge in [0.15, 0.2) is 6.61 Å². The fourth-order valence-corrected chi connectivity index (χ4v) is 3.13. The fraction of sp³-hybridized carbons (Fsp3) is 0.143. The van der Waals surface area contributed by atoms with Gasteiger partial charge in [-0.2, -0.15) is 5.10 Å². The number of hydrogen-bond donors (Lipinski definition) is 1. The molecule has 3 aromatic carbocycles. The maximum absolute atomic E-state index is 12.0. The molecule has 0 aromatic heterocycles. The minimum absolute atomic E-state index is 0.172. The van der Waals surface area contributed by atoms with E-state index in [1.807, 2.05) is 36.4 Å². The summed E-state index contributed by atoms with van der Waals surface area (Å²) >= 11 is 3.38. The lowest BCUT2D eigenvalue weighted by molar-refractivity contribution is -0.123. The fourth-order valence-electron chi connectivity index (χ4n) is 2.66. The van der Waals surface area contributed by atoms with Crippen LogP contribution < -0.4 is 19.6 Å². The number of nitrogens with zero attached hydrogens (tertiary/aromatic N) is 1. The summed E-state index contributed by atoms with van der Waals surface area (Å²) < 4.78 is 16.7. The van der Waals surface area contributed by atoms with Crippen LogP contribution in [-0.2, 0) is 4.79 Å². The number of ether oxygens (including phenoxy) is 3. The summed E-state index contributed by atoms with van der Waals surface area (Å²) in [5, 5.41) is 6.09. The molecule has 0 aliphatic heterocycles. The Labute approximate surface area is 171 Å². The normalized spacial score (nSPS) is 10.8. The van der Waals surface area contributed by atoms with Gasteiger partial charge in [-0.3, -0.25) is 4.79 Å². The molecule has 3 aromatic rings. The first-order valence-electron chi connectivity index (χ1n) is 8.46. The summed E-state index contributed by atoms with van der Waals surface area (Å²) in [5.74, 6) is 1.53. The molecule has 0 radical (unpaired) electrons. The van der Waals surface area contributed by atoms with Crippen molar-refractivity contribution in [2.45, 2.75) is 0 Å². The minimum atomic E-state index is -0.377. The van der Waals surface area contributed by atoms with Crippen LogP contribution in [0.15, 0.2) is 64.2 Å². The van der Waals surface area contributed by atoms with Crippen molar-refractivity contribution in [2.75, 3.05) is 20.8 Å². The van der Waals surface area contributed by atoms with E-state index in [1.165, 1.54) is 0 Å². The molecule has 7 heteroatoms. The van der Waals surface area contributed by atoms with E-state index in [0.717, 1.165) is 16.3 Å². The lowest BCUT2D eigenvalue weighted by atomic mass is 10.0. The Kier molecular flexibility index (Phi) is 6.49. The van der Waals surface area contributed by atoms with Gasteiger partial charge in [0, 0.05) is 5.56 Å². The molecule has 1 amide bonds. The van der Waals surface area contributed by atoms with Crippen molar-refractivity contribution < 1.29 is 19.0 Å². The topological polar surface area (TPSA) is 69.2 Å². The predicted octanol–water partition coefficient (Wildman–Crippen LogP) is 4.15. The molecule has 0 spiro atoms. The molecule has 0 atom stereocenters. The molecular weight excluding hydrogens is 424 g/mol. The number of methoxy groups -OCH3 is 2. The van der Waals surface area contributed by atoms with Crippen molar-refractivity contribution in [3.8, 4) is 17.2 Å². The van der Waals surface area contributed by atoms with E-state index in [0.29, 0.717) is 21.7 Å². The van der Waals surface area contributed by atoms with Crippen LogP contribution in [0.5, 0.6) is 17.2 Å². The Morgan fingerprint density at radius 3 is 2.61 bits per heavy atom. The number of halogens is 1. The van der Waals surface area contributed by atoms with Crippen molar-refractivity contribution >= 4 is 38.8 Å². The second-order valence-electron chi connectivity index (χ2n) is 5.78. The number of benzene rings is 3. The predicted molar refractivity (Wildman–Crippen MR) is 112 cm³/mol. The van der Waals surface area contributed by atoms with Crippen LogP contribution in [0.1, 0.15) is 5.56 Å². The van der Waals surface area contributed by atoms with Gasteiger partial charge in [0.1, 0.15) is 17.2 Å². The number of carbonyl (C=O) groups is 1. The first-order valence-corrected chi connectivity index (χ1v) is 9.25. The number of hydrazone groups is 1. The van der Waals surface area contributed by atoms with Gasteiger partial charge in [0.2, 0.25) is 0 Å². The zero-order chi connectivity index (χ0) is 19.9. The zero-order valence-electron chi connectivity index (χ0n) is 15.4. The average molecular weight is 443 g/mol. The molecule has 0 bridgehead atoms. The second kappa shape index (κ2) is 9.23. The molecule has 3 rings (SSSR count). The average Bonchev–Trinajstić information content (AvgIpc) is 2.72. The molecule has 0 unspecified atom stereocenters. The minimum Gasteiger partial charge on any atom is -0.497 e. The molecule has 144 valence electrons. The van der Waals surface area contributed by atoms with E-state index in [-0.39, 0.29) is 12.5 Å². The summed E-state index contributed by atoms with van der Waals surface area (Å²) in [6.45, 7) is -0.172. The van der Waals surface area contributed by atoms with Gasteiger partial charge in [0.05, 0.1) is 24.9 Å². The van der Waals surface area contributed by atoms with Crippen LogP contribution >= 0.6 is 15.9 Å². The maximum atomic E-state index is 12.0. The smallest absolute Gasteiger partial charge is 0.277 e. The highest BCUT2D eigenvalue weighted by Gasteiger charge is 2.08. The Hall–Kier alpha value is -3.06. The zero-order valence-corrected chi connectivity index (χ0v) is 17.0. The van der Waals surface area contributed by atoms with E-state index in [4.69, 9.17) is 14.2 Å². The van der Waals surface area contributed by atoms with Crippen LogP contribution in [0.3, 0.4) is 0 Å². The molecular formula is C21H19BrN2O4. The lowest BCUT2D eigenvalue weighted by Gasteiger charge is -2.09. The molecule has 0 aliphatic carbocycles. The van der Waals surface area contributed by atoms with Gasteiger partial charge in [-0.1, -0.05) is 30.3 Å². The van der Waals surface area contributed by atoms with Gasteiger partial charge in [0.25, 0.3) is 5.91 Å². The summed E-state index contributed by atoms with van der Waals surface area (Å²) in [7, 11) is 3.18. The molecule has 0 fully saturated rings. The Morgan fingerprint density at radius 2 is 1.86 bits per heavy atom. The third kappa shape index (κ3) is 4.61. The lowest BCUT2D eigenvalue weighted by Crippen LogP contribution is -2.24. The Balaban J connectivity index is 1.65. The standard InChI is InChI=1S/C21H19BrN2O4/c1-26-15-8-10-20(18(22)11-15)28-13-21(25)24-23-12-17-16-6-4-3-5-14(16)7-9-19(17)27-2/h3-12H,13H2,1-2H3,(H,24,25). The van der Waals surface area contributed by atoms with Crippen LogP contribution in [0.2, 0.25) is 0 Å². The first-order chi connectivity index (χ1) is 13.6. The van der Waals surface area contributed by atoms with Crippen LogP contribution in [0, 0.1) is 0 Å². The largest absolute Gasteiger partial charge is 0.497 e. The molecule has 0 heterocycles. The van der Waals surface area contributed by atoms with Gasteiger partial charge >= 0.3 is 0 Å². The van der Waals surface area contributed by atoms with Crippen molar-refractivity contribution in [3.63, 3.8) is 0 Å². The number of rotatable bonds is 7. The van der Waals surface area contributed by atoms with Crippen molar-refractivity contribution in [2.24, 2.45) is 5.10 Å². The quantitative estimate of drug-likeness (QED) is 0.440. The molecule has 28 heavy (non-hydrogen) atoms. The monoisotopic (exact) mass is 442 g/mol. The first kappa shape index (κ1) is 19.7. The second-order valence-corrected chi connectivity index (χ2v) is 6.64. The summed E-state index contributed by atoms with van der Waals surface area (Å²) in [5.41, 5.74) is 3.26. The highest BCUT2D eigenvalue weighted by Crippen LogP contribution is 2.29. The van der Waals surface area contributed by atoms with E-state index < -0.39 is 0 Å². The van der Waals surface area contributed by atoms with Crippen LogP contribution in [0.25, 0.3) is 10.8 Å². The third-order valence-electron chi connectivity index (χ3n) is 4.03. The maximum Gasteiger partial charge on any atom is 0.277 e. The van der Waals surface area contributed by atoms with Crippen LogP contribution in [-0.4, -0.2) is 32.9 Å². The third-order valence-corrected chi connectivity index (χ3v) is 4.65. The molecule has 0 saturated carbocycles. The van der Waals surface area contributed by atoms with Gasteiger partial charge in [-0.25, -0.2) is 5.43 Å². The molecule has 0 aliphatic rings. The van der Waals surface area contributed by atoms with E-state index in [9.17, 15) is 4.79 Å². The van der Waals surface area contributed by atoms with Crippen molar-refractivity contribution in [1.29, 1.82) is 0 Å². The van der Waals surface area contributed by atoms with E-state index >= 15 is 0 Å². The van der Waals surface area contributed by atoms with Crippen molar-refractivity contribution in [3.05, 3.63) is 64.6 Å². The summed E-state index contributed by atoms with van der Waals surface area (Å²) in [6, 6.07) is 17.0. The number of amides is 1. The number of nitrogens with one attached hydrogen (secondary N) is 1. The van der Waals surface area contributed by atoms with Crippen LogP contribution in [0.4, 0.5) is 0 Å². The molecule has 6 nitrogen and oxygen atoms in total. The van der Waals surface area contributed by atoms with Gasteiger partial charge in [-0.05, 0) is 51.0 Å². The Morgan fingerprint density at radius 1 is 1.07 bits per heavy atom. The number of hydrogen-bond acceptors (Lipinski definition) is 5. The van der Waals surface area contributed by atoms with Gasteiger partial charge in [-0.15, -0.1) is 0 Å². The number of carbonyl (C=O) groups excluding carboxylic acids is 1. The summed E-state index contributed by atoms with van der Waals surface area (Å²) in [4.78, 5) is 12.0.